The Morgan fingerprint density at radius 2 is 1.92 bits per heavy atom. The van der Waals surface area contributed by atoms with Crippen molar-refractivity contribution in [1.82, 2.24) is 24.8 Å². The molecule has 3 heterocycles. The predicted octanol–water partition coefficient (Wildman–Crippen LogP) is 4.14. The third kappa shape index (κ3) is 5.49. The molecule has 1 atom stereocenters. The van der Waals surface area contributed by atoms with Crippen molar-refractivity contribution < 1.29 is 18.4 Å². The van der Waals surface area contributed by atoms with Gasteiger partial charge in [-0.2, -0.15) is 0 Å². The van der Waals surface area contributed by atoms with Crippen LogP contribution in [-0.2, 0) is 11.2 Å². The van der Waals surface area contributed by atoms with Crippen LogP contribution in [0.1, 0.15) is 27.7 Å². The molecule has 0 fully saturated rings. The number of oxazole rings is 1. The van der Waals surface area contributed by atoms with E-state index in [9.17, 15) is 14.0 Å². The number of pyridine rings is 1. The smallest absolute Gasteiger partial charge is 0.281 e. The summed E-state index contributed by atoms with van der Waals surface area (Å²) in [6.07, 6.45) is 11.1. The molecule has 0 aliphatic carbocycles. The van der Waals surface area contributed by atoms with E-state index in [1.54, 1.807) is 67.5 Å². The van der Waals surface area contributed by atoms with E-state index in [1.807, 2.05) is 16.7 Å². The van der Waals surface area contributed by atoms with Gasteiger partial charge >= 0.3 is 0 Å². The van der Waals surface area contributed by atoms with Gasteiger partial charge in [0.2, 0.25) is 5.91 Å². The average molecular weight is 511 g/mol. The van der Waals surface area contributed by atoms with Gasteiger partial charge in [0.15, 0.2) is 12.1 Å². The summed E-state index contributed by atoms with van der Waals surface area (Å²) in [5, 5.41) is 2.89. The van der Waals surface area contributed by atoms with Crippen molar-refractivity contribution in [1.29, 1.82) is 0 Å². The molecule has 2 aromatic carbocycles. The van der Waals surface area contributed by atoms with Crippen molar-refractivity contribution in [2.24, 2.45) is 0 Å². The number of anilines is 1. The molecule has 5 rings (SSSR count). The highest BCUT2D eigenvalue weighted by molar-refractivity contribution is 6.09. The summed E-state index contributed by atoms with van der Waals surface area (Å²) in [6.45, 7) is 0.241. The van der Waals surface area contributed by atoms with E-state index >= 15 is 0 Å². The van der Waals surface area contributed by atoms with E-state index in [1.165, 1.54) is 23.3 Å². The number of rotatable bonds is 9. The number of amides is 2. The lowest BCUT2D eigenvalue weighted by Crippen LogP contribution is -2.44. The SMILES string of the molecule is O=C(NCCc1cccc(F)c1)C(c1cccnc1)N(C(=O)c1cocn1)c1ccc(-n2ccnc2)cc1. The fraction of sp³-hybridized carbons (Fsp3) is 0.107. The van der Waals surface area contributed by atoms with Crippen LogP contribution in [0.5, 0.6) is 0 Å². The minimum Gasteiger partial charge on any atom is -0.451 e. The monoisotopic (exact) mass is 510 g/mol. The van der Waals surface area contributed by atoms with Gasteiger partial charge in [0.1, 0.15) is 18.1 Å². The molecule has 2 amide bonds. The molecule has 1 unspecified atom stereocenters. The van der Waals surface area contributed by atoms with Crippen LogP contribution >= 0.6 is 0 Å². The Morgan fingerprint density at radius 1 is 1.05 bits per heavy atom. The number of aromatic nitrogens is 4. The minimum absolute atomic E-state index is 0.0464. The van der Waals surface area contributed by atoms with Gasteiger partial charge < -0.3 is 14.3 Å². The maximum atomic E-state index is 13.7. The molecule has 1 N–H and O–H groups in total. The topological polar surface area (TPSA) is 106 Å². The molecule has 38 heavy (non-hydrogen) atoms. The summed E-state index contributed by atoms with van der Waals surface area (Å²) in [7, 11) is 0. The molecule has 9 nitrogen and oxygen atoms in total. The lowest BCUT2D eigenvalue weighted by atomic mass is 10.0. The Morgan fingerprint density at radius 3 is 2.61 bits per heavy atom. The van der Waals surface area contributed by atoms with Crippen LogP contribution in [0.15, 0.2) is 109 Å². The number of carbonyl (C=O) groups excluding carboxylic acids is 2. The zero-order chi connectivity index (χ0) is 26.3. The second-order valence-corrected chi connectivity index (χ2v) is 8.40. The zero-order valence-corrected chi connectivity index (χ0v) is 20.1. The molecule has 0 radical (unpaired) electrons. The lowest BCUT2D eigenvalue weighted by molar-refractivity contribution is -0.122. The molecule has 3 aromatic heterocycles. The van der Waals surface area contributed by atoms with E-state index < -0.39 is 17.9 Å². The number of benzene rings is 2. The first kappa shape index (κ1) is 24.6. The first-order chi connectivity index (χ1) is 18.6. The van der Waals surface area contributed by atoms with Gasteiger partial charge in [0.05, 0.1) is 6.33 Å². The Labute approximate surface area is 217 Å². The zero-order valence-electron chi connectivity index (χ0n) is 20.1. The molecule has 0 saturated heterocycles. The Kier molecular flexibility index (Phi) is 7.30. The van der Waals surface area contributed by atoms with E-state index in [0.29, 0.717) is 17.7 Å². The van der Waals surface area contributed by atoms with Gasteiger partial charge in [-0.3, -0.25) is 19.5 Å². The third-order valence-corrected chi connectivity index (χ3v) is 5.91. The molecule has 190 valence electrons. The van der Waals surface area contributed by atoms with Crippen LogP contribution in [0.3, 0.4) is 0 Å². The van der Waals surface area contributed by atoms with Crippen LogP contribution in [0, 0.1) is 5.82 Å². The average Bonchev–Trinajstić information content (AvgIpc) is 3.67. The molecule has 5 aromatic rings. The van der Waals surface area contributed by atoms with Gasteiger partial charge in [-0.05, 0) is 54.4 Å². The van der Waals surface area contributed by atoms with Crippen LogP contribution < -0.4 is 10.2 Å². The lowest BCUT2D eigenvalue weighted by Gasteiger charge is -2.31. The Hall–Kier alpha value is -5.12. The molecule has 10 heteroatoms. The highest BCUT2D eigenvalue weighted by Crippen LogP contribution is 2.30. The molecule has 0 aliphatic heterocycles. The van der Waals surface area contributed by atoms with Crippen LogP contribution in [-0.4, -0.2) is 37.9 Å². The summed E-state index contributed by atoms with van der Waals surface area (Å²) in [5.74, 6) is -1.29. The fourth-order valence-corrected chi connectivity index (χ4v) is 4.10. The highest BCUT2D eigenvalue weighted by Gasteiger charge is 2.34. The van der Waals surface area contributed by atoms with Crippen molar-refractivity contribution >= 4 is 17.5 Å². The van der Waals surface area contributed by atoms with E-state index in [0.717, 1.165) is 17.6 Å². The largest absolute Gasteiger partial charge is 0.451 e. The number of nitrogens with one attached hydrogen (secondary N) is 1. The van der Waals surface area contributed by atoms with E-state index in [2.05, 4.69) is 20.3 Å². The first-order valence-electron chi connectivity index (χ1n) is 11.8. The van der Waals surface area contributed by atoms with Crippen molar-refractivity contribution in [2.45, 2.75) is 12.5 Å². The van der Waals surface area contributed by atoms with Crippen LogP contribution in [0.4, 0.5) is 10.1 Å². The highest BCUT2D eigenvalue weighted by atomic mass is 19.1. The normalized spacial score (nSPS) is 11.6. The molecular formula is C28H23FN6O3. The van der Waals surface area contributed by atoms with Crippen LogP contribution in [0.2, 0.25) is 0 Å². The number of halogens is 1. The summed E-state index contributed by atoms with van der Waals surface area (Å²) in [4.78, 5) is 41.0. The van der Waals surface area contributed by atoms with Gasteiger partial charge in [-0.15, -0.1) is 0 Å². The summed E-state index contributed by atoms with van der Waals surface area (Å²) < 4.78 is 20.5. The predicted molar refractivity (Wildman–Crippen MR) is 137 cm³/mol. The van der Waals surface area contributed by atoms with Crippen molar-refractivity contribution in [3.8, 4) is 5.69 Å². The van der Waals surface area contributed by atoms with Gasteiger partial charge in [-0.1, -0.05) is 18.2 Å². The Bertz CT molecular complexity index is 1490. The second kappa shape index (κ2) is 11.3. The number of hydrogen-bond donors (Lipinski definition) is 1. The number of nitrogens with zero attached hydrogens (tertiary/aromatic N) is 5. The van der Waals surface area contributed by atoms with E-state index in [-0.39, 0.29) is 18.1 Å². The molecule has 0 saturated carbocycles. The number of hydrogen-bond acceptors (Lipinski definition) is 6. The first-order valence-corrected chi connectivity index (χ1v) is 11.8. The quantitative estimate of drug-likeness (QED) is 0.320. The second-order valence-electron chi connectivity index (χ2n) is 8.40. The van der Waals surface area contributed by atoms with Gasteiger partial charge in [0, 0.05) is 48.3 Å². The maximum Gasteiger partial charge on any atom is 0.281 e. The van der Waals surface area contributed by atoms with Gasteiger partial charge in [-0.25, -0.2) is 14.4 Å². The van der Waals surface area contributed by atoms with Crippen molar-refractivity contribution in [3.05, 3.63) is 127 Å². The summed E-state index contributed by atoms with van der Waals surface area (Å²) in [6, 6.07) is 15.7. The molecule has 0 aliphatic rings. The fourth-order valence-electron chi connectivity index (χ4n) is 4.10. The third-order valence-electron chi connectivity index (χ3n) is 5.91. The molecule has 0 bridgehead atoms. The molecular weight excluding hydrogens is 487 g/mol. The van der Waals surface area contributed by atoms with Gasteiger partial charge in [0.25, 0.3) is 5.91 Å². The number of carbonyl (C=O) groups is 2. The summed E-state index contributed by atoms with van der Waals surface area (Å²) in [5.41, 5.74) is 2.60. The van der Waals surface area contributed by atoms with Crippen molar-refractivity contribution in [3.63, 3.8) is 0 Å². The number of imidazole rings is 1. The van der Waals surface area contributed by atoms with E-state index in [4.69, 9.17) is 4.42 Å². The maximum absolute atomic E-state index is 13.7. The standard InChI is InChI=1S/C28H23FN6O3/c29-22-5-1-3-20(15-22)10-12-32-27(36)26(21-4-2-11-30-16-21)35(28(37)25-17-38-19-33-25)24-8-6-23(7-9-24)34-14-13-31-18-34/h1-9,11,13-19,26H,10,12H2,(H,32,36). The van der Waals surface area contributed by atoms with Crippen LogP contribution in [0.25, 0.3) is 5.69 Å². The Balaban J connectivity index is 1.48. The molecule has 0 spiro atoms. The summed E-state index contributed by atoms with van der Waals surface area (Å²) >= 11 is 0. The minimum atomic E-state index is -1.07. The van der Waals surface area contributed by atoms with Crippen molar-refractivity contribution in [2.75, 3.05) is 11.4 Å².